The molecule has 2 N–H and O–H groups in total. The molecule has 0 bridgehead atoms. The minimum Gasteiger partial charge on any atom is -0.508 e. The first kappa shape index (κ1) is 16.3. The molecule has 2 aromatic rings. The van der Waals surface area contributed by atoms with Gasteiger partial charge in [-0.3, -0.25) is 9.88 Å². The van der Waals surface area contributed by atoms with E-state index in [9.17, 15) is 10.2 Å². The van der Waals surface area contributed by atoms with Crippen molar-refractivity contribution < 1.29 is 14.9 Å². The molecule has 1 aliphatic carbocycles. The number of likely N-dealkylation sites (tertiary alicyclic amines) is 1. The number of phenolic OH excluding ortho intramolecular Hbond substituents is 1. The Morgan fingerprint density at radius 1 is 1.12 bits per heavy atom. The molecule has 132 valence electrons. The van der Waals surface area contributed by atoms with Crippen LogP contribution in [0.2, 0.25) is 0 Å². The predicted octanol–water partition coefficient (Wildman–Crippen LogP) is 2.00. The van der Waals surface area contributed by atoms with Crippen LogP contribution in [0, 0.1) is 11.8 Å². The maximum Gasteiger partial charge on any atom is 0.232 e. The highest BCUT2D eigenvalue weighted by atomic mass is 16.5. The Hall–Kier alpha value is -2.18. The van der Waals surface area contributed by atoms with Crippen molar-refractivity contribution in [3.63, 3.8) is 0 Å². The molecule has 4 atom stereocenters. The fraction of sp³-hybridized carbons (Fsp3) is 0.474. The van der Waals surface area contributed by atoms with Gasteiger partial charge in [0.05, 0.1) is 12.3 Å². The zero-order valence-electron chi connectivity index (χ0n) is 14.0. The molecule has 2 heterocycles. The maximum atomic E-state index is 10.4. The Morgan fingerprint density at radius 2 is 1.84 bits per heavy atom. The van der Waals surface area contributed by atoms with Gasteiger partial charge in [0, 0.05) is 32.0 Å². The van der Waals surface area contributed by atoms with E-state index < -0.39 is 6.10 Å². The van der Waals surface area contributed by atoms with Crippen LogP contribution in [0.15, 0.2) is 42.9 Å². The summed E-state index contributed by atoms with van der Waals surface area (Å²) in [6.07, 6.45) is 6.72. The van der Waals surface area contributed by atoms with Crippen LogP contribution in [0.3, 0.4) is 0 Å². The number of nitrogens with zero attached hydrogens (tertiary/aromatic N) is 3. The van der Waals surface area contributed by atoms with Crippen molar-refractivity contribution in [2.24, 2.45) is 11.8 Å². The van der Waals surface area contributed by atoms with Crippen molar-refractivity contribution >= 4 is 0 Å². The minimum absolute atomic E-state index is 0.218. The summed E-state index contributed by atoms with van der Waals surface area (Å²) in [6.45, 7) is 2.63. The molecule has 6 heteroatoms. The van der Waals surface area contributed by atoms with Gasteiger partial charge in [0.2, 0.25) is 5.88 Å². The van der Waals surface area contributed by atoms with Crippen LogP contribution in [-0.2, 0) is 0 Å². The first-order valence-electron chi connectivity index (χ1n) is 8.79. The molecule has 25 heavy (non-hydrogen) atoms. The summed E-state index contributed by atoms with van der Waals surface area (Å²) in [5.41, 5.74) is 0.846. The molecule has 1 saturated heterocycles. The van der Waals surface area contributed by atoms with E-state index in [0.717, 1.165) is 31.5 Å². The monoisotopic (exact) mass is 341 g/mol. The number of aliphatic hydroxyl groups is 1. The van der Waals surface area contributed by atoms with E-state index in [2.05, 4.69) is 14.9 Å². The Bertz CT molecular complexity index is 681. The average Bonchev–Trinajstić information content (AvgIpc) is 3.14. The number of hydrogen-bond acceptors (Lipinski definition) is 6. The quantitative estimate of drug-likeness (QED) is 0.866. The number of phenols is 1. The molecule has 2 aliphatic rings. The SMILES string of the molecule is Oc1ccc(C(O)CN2C[C@H]3C[C@H](Oc4cnccn4)C[C@H]3C2)cc1. The van der Waals surface area contributed by atoms with Crippen LogP contribution >= 0.6 is 0 Å². The number of hydrogen-bond donors (Lipinski definition) is 2. The third-order valence-corrected chi connectivity index (χ3v) is 5.32. The van der Waals surface area contributed by atoms with Gasteiger partial charge in [-0.2, -0.15) is 0 Å². The molecule has 1 unspecified atom stereocenters. The Labute approximate surface area is 147 Å². The van der Waals surface area contributed by atoms with Crippen molar-refractivity contribution in [1.82, 2.24) is 14.9 Å². The summed E-state index contributed by atoms with van der Waals surface area (Å²) in [4.78, 5) is 10.6. The number of aliphatic hydroxyl groups excluding tert-OH is 1. The number of ether oxygens (including phenoxy) is 1. The summed E-state index contributed by atoms with van der Waals surface area (Å²) in [7, 11) is 0. The van der Waals surface area contributed by atoms with E-state index >= 15 is 0 Å². The molecule has 0 radical (unpaired) electrons. The smallest absolute Gasteiger partial charge is 0.232 e. The van der Waals surface area contributed by atoms with E-state index in [0.29, 0.717) is 24.3 Å². The zero-order valence-corrected chi connectivity index (χ0v) is 14.0. The highest BCUT2D eigenvalue weighted by Crippen LogP contribution is 2.40. The van der Waals surface area contributed by atoms with Gasteiger partial charge in [-0.25, -0.2) is 4.98 Å². The lowest BCUT2D eigenvalue weighted by Crippen LogP contribution is -2.29. The molecule has 1 aliphatic heterocycles. The molecule has 0 spiro atoms. The first-order valence-corrected chi connectivity index (χ1v) is 8.79. The molecular formula is C19H23N3O3. The number of aromatic nitrogens is 2. The molecule has 1 saturated carbocycles. The number of β-amino-alcohol motifs (C(OH)–C–C–N with tert-alkyl or cyclic N) is 1. The highest BCUT2D eigenvalue weighted by Gasteiger charge is 2.42. The standard InChI is InChI=1S/C19H23N3O3/c23-16-3-1-13(2-4-16)18(24)12-22-10-14-7-17(8-15(14)11-22)25-19-9-20-5-6-21-19/h1-6,9,14-15,17-18,23-24H,7-8,10-12H2/t14-,15+,17+,18?. The van der Waals surface area contributed by atoms with Crippen LogP contribution in [0.25, 0.3) is 0 Å². The third kappa shape index (κ3) is 3.75. The van der Waals surface area contributed by atoms with Gasteiger partial charge in [0.15, 0.2) is 0 Å². The van der Waals surface area contributed by atoms with Crippen molar-refractivity contribution in [2.45, 2.75) is 25.0 Å². The number of aromatic hydroxyl groups is 1. The maximum absolute atomic E-state index is 10.4. The van der Waals surface area contributed by atoms with Crippen LogP contribution < -0.4 is 4.74 Å². The Morgan fingerprint density at radius 3 is 2.48 bits per heavy atom. The molecule has 2 fully saturated rings. The normalized spacial score (nSPS) is 27.2. The van der Waals surface area contributed by atoms with Crippen molar-refractivity contribution in [3.05, 3.63) is 48.4 Å². The van der Waals surface area contributed by atoms with Gasteiger partial charge in [0.25, 0.3) is 0 Å². The first-order chi connectivity index (χ1) is 12.2. The molecular weight excluding hydrogens is 318 g/mol. The van der Waals surface area contributed by atoms with Crippen LogP contribution in [0.5, 0.6) is 11.6 Å². The van der Waals surface area contributed by atoms with Crippen LogP contribution in [0.4, 0.5) is 0 Å². The summed E-state index contributed by atoms with van der Waals surface area (Å²) in [5, 5.41) is 19.8. The van der Waals surface area contributed by atoms with Crippen LogP contribution in [0.1, 0.15) is 24.5 Å². The fourth-order valence-corrected chi connectivity index (χ4v) is 4.15. The summed E-state index contributed by atoms with van der Waals surface area (Å²) >= 11 is 0. The lowest BCUT2D eigenvalue weighted by atomic mass is 10.0. The summed E-state index contributed by atoms with van der Waals surface area (Å²) in [6, 6.07) is 6.79. The molecule has 0 amide bonds. The van der Waals surface area contributed by atoms with Gasteiger partial charge >= 0.3 is 0 Å². The van der Waals surface area contributed by atoms with E-state index in [1.165, 1.54) is 0 Å². The molecule has 1 aromatic carbocycles. The molecule has 6 nitrogen and oxygen atoms in total. The average molecular weight is 341 g/mol. The lowest BCUT2D eigenvalue weighted by Gasteiger charge is -2.22. The van der Waals surface area contributed by atoms with Crippen LogP contribution in [-0.4, -0.2) is 50.8 Å². The topological polar surface area (TPSA) is 78.7 Å². The second-order valence-electron chi connectivity index (χ2n) is 7.10. The van der Waals surface area contributed by atoms with Gasteiger partial charge in [0.1, 0.15) is 11.9 Å². The number of rotatable bonds is 5. The van der Waals surface area contributed by atoms with E-state index in [-0.39, 0.29) is 11.9 Å². The number of benzene rings is 1. The van der Waals surface area contributed by atoms with Gasteiger partial charge in [-0.05, 0) is 42.4 Å². The molecule has 1 aromatic heterocycles. The largest absolute Gasteiger partial charge is 0.508 e. The highest BCUT2D eigenvalue weighted by molar-refractivity contribution is 5.27. The number of fused-ring (bicyclic) bond motifs is 1. The second-order valence-corrected chi connectivity index (χ2v) is 7.10. The van der Waals surface area contributed by atoms with Gasteiger partial charge in [-0.15, -0.1) is 0 Å². The van der Waals surface area contributed by atoms with E-state index in [1.807, 2.05) is 0 Å². The van der Waals surface area contributed by atoms with Crippen molar-refractivity contribution in [2.75, 3.05) is 19.6 Å². The molecule has 4 rings (SSSR count). The fourth-order valence-electron chi connectivity index (χ4n) is 4.15. The Kier molecular flexibility index (Phi) is 4.55. The minimum atomic E-state index is -0.522. The van der Waals surface area contributed by atoms with Gasteiger partial charge < -0.3 is 14.9 Å². The van der Waals surface area contributed by atoms with Crippen molar-refractivity contribution in [3.8, 4) is 11.6 Å². The van der Waals surface area contributed by atoms with Gasteiger partial charge in [-0.1, -0.05) is 12.1 Å². The second kappa shape index (κ2) is 6.98. The lowest BCUT2D eigenvalue weighted by molar-refractivity contribution is 0.115. The van der Waals surface area contributed by atoms with E-state index in [1.54, 1.807) is 42.9 Å². The van der Waals surface area contributed by atoms with Crippen molar-refractivity contribution in [1.29, 1.82) is 0 Å². The summed E-state index contributed by atoms with van der Waals surface area (Å²) in [5.74, 6) is 2.07. The predicted molar refractivity (Wildman–Crippen MR) is 92.2 cm³/mol. The summed E-state index contributed by atoms with van der Waals surface area (Å²) < 4.78 is 5.94. The third-order valence-electron chi connectivity index (χ3n) is 5.32. The van der Waals surface area contributed by atoms with E-state index in [4.69, 9.17) is 4.74 Å². The Balaban J connectivity index is 1.28. The zero-order chi connectivity index (χ0) is 17.2.